The first-order valence-corrected chi connectivity index (χ1v) is 6.49. The van der Waals surface area contributed by atoms with E-state index in [1.807, 2.05) is 12.3 Å². The molecule has 17 heavy (non-hydrogen) atoms. The highest BCUT2D eigenvalue weighted by molar-refractivity contribution is 5.03. The molecule has 1 aromatic rings. The molecule has 0 aliphatic carbocycles. The van der Waals surface area contributed by atoms with Crippen LogP contribution in [0.15, 0.2) is 24.4 Å². The summed E-state index contributed by atoms with van der Waals surface area (Å²) >= 11 is 0. The maximum absolute atomic E-state index is 4.39. The van der Waals surface area contributed by atoms with Gasteiger partial charge in [-0.3, -0.25) is 14.8 Å². The lowest BCUT2D eigenvalue weighted by Gasteiger charge is -2.43. The summed E-state index contributed by atoms with van der Waals surface area (Å²) in [7, 11) is 0. The van der Waals surface area contributed by atoms with E-state index in [4.69, 9.17) is 0 Å². The first kappa shape index (κ1) is 11.1. The number of aromatic nitrogens is 1. The lowest BCUT2D eigenvalue weighted by atomic mass is 10.1. The predicted molar refractivity (Wildman–Crippen MR) is 67.7 cm³/mol. The van der Waals surface area contributed by atoms with E-state index in [1.54, 1.807) is 0 Å². The van der Waals surface area contributed by atoms with Crippen molar-refractivity contribution in [3.05, 3.63) is 30.1 Å². The van der Waals surface area contributed by atoms with Gasteiger partial charge < -0.3 is 5.32 Å². The predicted octanol–water partition coefficient (Wildman–Crippen LogP) is 0.171. The lowest BCUT2D eigenvalue weighted by Crippen LogP contribution is -2.61. The summed E-state index contributed by atoms with van der Waals surface area (Å²) in [5.41, 5.74) is 1.19. The Morgan fingerprint density at radius 3 is 2.59 bits per heavy atom. The molecule has 4 nitrogen and oxygen atoms in total. The van der Waals surface area contributed by atoms with Crippen molar-refractivity contribution in [3.8, 4) is 0 Å². The van der Waals surface area contributed by atoms with Crippen molar-refractivity contribution in [1.29, 1.82) is 0 Å². The number of piperazine rings is 1. The van der Waals surface area contributed by atoms with Crippen LogP contribution in [-0.2, 0) is 6.54 Å². The highest BCUT2D eigenvalue weighted by atomic mass is 15.3. The van der Waals surface area contributed by atoms with E-state index in [0.29, 0.717) is 0 Å². The molecule has 0 aromatic carbocycles. The number of nitrogens with zero attached hydrogens (tertiary/aromatic N) is 3. The summed E-state index contributed by atoms with van der Waals surface area (Å²) in [6.07, 6.45) is 1.88. The number of pyridine rings is 1. The van der Waals surface area contributed by atoms with Crippen LogP contribution in [0, 0.1) is 0 Å². The van der Waals surface area contributed by atoms with E-state index in [9.17, 15) is 0 Å². The van der Waals surface area contributed by atoms with Gasteiger partial charge in [0.2, 0.25) is 0 Å². The minimum absolute atomic E-state index is 0.798. The van der Waals surface area contributed by atoms with Crippen LogP contribution in [0.4, 0.5) is 0 Å². The molecule has 3 heterocycles. The molecular formula is C13H20N4. The molecule has 2 fully saturated rings. The fourth-order valence-electron chi connectivity index (χ4n) is 2.54. The zero-order valence-corrected chi connectivity index (χ0v) is 10.2. The Kier molecular flexibility index (Phi) is 3.36. The molecule has 0 amide bonds. The van der Waals surface area contributed by atoms with Gasteiger partial charge in [-0.25, -0.2) is 0 Å². The molecule has 0 atom stereocenters. The topological polar surface area (TPSA) is 31.4 Å². The molecule has 4 heteroatoms. The van der Waals surface area contributed by atoms with E-state index in [0.717, 1.165) is 12.6 Å². The van der Waals surface area contributed by atoms with Crippen LogP contribution >= 0.6 is 0 Å². The lowest BCUT2D eigenvalue weighted by molar-refractivity contribution is 0.0690. The minimum Gasteiger partial charge on any atom is -0.314 e. The van der Waals surface area contributed by atoms with Crippen LogP contribution in [0.1, 0.15) is 5.69 Å². The Bertz CT molecular complexity index is 342. The highest BCUT2D eigenvalue weighted by Crippen LogP contribution is 2.11. The molecule has 0 bridgehead atoms. The van der Waals surface area contributed by atoms with Crippen molar-refractivity contribution in [2.24, 2.45) is 0 Å². The van der Waals surface area contributed by atoms with Gasteiger partial charge in [0.05, 0.1) is 5.69 Å². The Labute approximate surface area is 103 Å². The van der Waals surface area contributed by atoms with Gasteiger partial charge in [0.1, 0.15) is 0 Å². The summed E-state index contributed by atoms with van der Waals surface area (Å²) in [5, 5.41) is 3.34. The second kappa shape index (κ2) is 5.12. The van der Waals surface area contributed by atoms with E-state index in [1.165, 1.54) is 45.0 Å². The Balaban J connectivity index is 1.48. The molecule has 0 unspecified atom stereocenters. The number of nitrogens with one attached hydrogen (secondary N) is 1. The van der Waals surface area contributed by atoms with E-state index in [-0.39, 0.29) is 0 Å². The third kappa shape index (κ3) is 2.65. The summed E-state index contributed by atoms with van der Waals surface area (Å²) in [6, 6.07) is 6.96. The second-order valence-corrected chi connectivity index (χ2v) is 4.95. The maximum Gasteiger partial charge on any atom is 0.0543 e. The van der Waals surface area contributed by atoms with Crippen molar-refractivity contribution < 1.29 is 0 Å². The molecule has 0 saturated carbocycles. The molecule has 2 aliphatic rings. The van der Waals surface area contributed by atoms with Gasteiger partial charge in [0.15, 0.2) is 0 Å². The first-order valence-electron chi connectivity index (χ1n) is 6.49. The molecular weight excluding hydrogens is 212 g/mol. The number of hydrogen-bond acceptors (Lipinski definition) is 4. The highest BCUT2D eigenvalue weighted by Gasteiger charge is 2.27. The van der Waals surface area contributed by atoms with Gasteiger partial charge in [0.25, 0.3) is 0 Å². The molecule has 0 spiro atoms. The second-order valence-electron chi connectivity index (χ2n) is 4.95. The monoisotopic (exact) mass is 232 g/mol. The maximum atomic E-state index is 4.39. The Morgan fingerprint density at radius 1 is 1.18 bits per heavy atom. The van der Waals surface area contributed by atoms with Crippen LogP contribution in [0.25, 0.3) is 0 Å². The standard InChI is InChI=1S/C13H20N4/c1-2-4-15-12(3-1)11-16-5-7-17(8-6-16)13-9-14-10-13/h1-4,13-14H,5-11H2. The zero-order chi connectivity index (χ0) is 11.5. The smallest absolute Gasteiger partial charge is 0.0543 e. The van der Waals surface area contributed by atoms with Crippen LogP contribution < -0.4 is 5.32 Å². The molecule has 2 aliphatic heterocycles. The average Bonchev–Trinajstić information content (AvgIpc) is 2.31. The van der Waals surface area contributed by atoms with Crippen LogP contribution in [0.3, 0.4) is 0 Å². The number of rotatable bonds is 3. The van der Waals surface area contributed by atoms with Gasteiger partial charge in [-0.15, -0.1) is 0 Å². The van der Waals surface area contributed by atoms with Crippen LogP contribution in [-0.4, -0.2) is 60.1 Å². The van der Waals surface area contributed by atoms with Crippen molar-refractivity contribution in [2.75, 3.05) is 39.3 Å². The van der Waals surface area contributed by atoms with Gasteiger partial charge in [-0.2, -0.15) is 0 Å². The van der Waals surface area contributed by atoms with Crippen LogP contribution in [0.2, 0.25) is 0 Å². The summed E-state index contributed by atoms with van der Waals surface area (Å²) in [6.45, 7) is 8.12. The molecule has 92 valence electrons. The van der Waals surface area contributed by atoms with E-state index < -0.39 is 0 Å². The SMILES string of the molecule is c1ccc(CN2CCN(C3CNC3)CC2)nc1. The Hall–Kier alpha value is -0.970. The molecule has 1 N–H and O–H groups in total. The summed E-state index contributed by atoms with van der Waals surface area (Å²) < 4.78 is 0. The average molecular weight is 232 g/mol. The van der Waals surface area contributed by atoms with Crippen molar-refractivity contribution in [2.45, 2.75) is 12.6 Å². The van der Waals surface area contributed by atoms with Gasteiger partial charge >= 0.3 is 0 Å². The fraction of sp³-hybridized carbons (Fsp3) is 0.615. The normalized spacial score (nSPS) is 23.5. The fourth-order valence-corrected chi connectivity index (χ4v) is 2.54. The largest absolute Gasteiger partial charge is 0.314 e. The first-order chi connectivity index (χ1) is 8.42. The van der Waals surface area contributed by atoms with Crippen molar-refractivity contribution in [3.63, 3.8) is 0 Å². The van der Waals surface area contributed by atoms with Gasteiger partial charge in [0, 0.05) is 58.1 Å². The van der Waals surface area contributed by atoms with Gasteiger partial charge in [-0.05, 0) is 12.1 Å². The molecule has 3 rings (SSSR count). The summed E-state index contributed by atoms with van der Waals surface area (Å²) in [4.78, 5) is 9.51. The molecule has 1 aromatic heterocycles. The van der Waals surface area contributed by atoms with Crippen molar-refractivity contribution in [1.82, 2.24) is 20.1 Å². The van der Waals surface area contributed by atoms with Crippen LogP contribution in [0.5, 0.6) is 0 Å². The quantitative estimate of drug-likeness (QED) is 0.805. The molecule has 2 saturated heterocycles. The minimum atomic E-state index is 0.798. The van der Waals surface area contributed by atoms with Gasteiger partial charge in [-0.1, -0.05) is 6.07 Å². The van der Waals surface area contributed by atoms with E-state index in [2.05, 4.69) is 32.2 Å². The number of hydrogen-bond donors (Lipinski definition) is 1. The van der Waals surface area contributed by atoms with E-state index >= 15 is 0 Å². The summed E-state index contributed by atoms with van der Waals surface area (Å²) in [5.74, 6) is 0. The molecule has 0 radical (unpaired) electrons. The zero-order valence-electron chi connectivity index (χ0n) is 10.2. The Morgan fingerprint density at radius 2 is 2.00 bits per heavy atom. The third-order valence-corrected chi connectivity index (χ3v) is 3.79. The van der Waals surface area contributed by atoms with Crippen molar-refractivity contribution >= 4 is 0 Å². The third-order valence-electron chi connectivity index (χ3n) is 3.79.